The van der Waals surface area contributed by atoms with E-state index in [-0.39, 0.29) is 23.7 Å². The zero-order chi connectivity index (χ0) is 24.4. The smallest absolute Gasteiger partial charge is 0.374 e. The van der Waals surface area contributed by atoms with Gasteiger partial charge in [-0.3, -0.25) is 14.2 Å². The third-order valence-corrected chi connectivity index (χ3v) is 6.91. The Morgan fingerprint density at radius 1 is 1.32 bits per heavy atom. The molecule has 34 heavy (non-hydrogen) atoms. The fourth-order valence-electron chi connectivity index (χ4n) is 4.82. The van der Waals surface area contributed by atoms with Gasteiger partial charge in [-0.05, 0) is 25.5 Å². The second-order valence-electron chi connectivity index (χ2n) is 9.42. The van der Waals surface area contributed by atoms with Crippen LogP contribution in [0.2, 0.25) is 0 Å². The van der Waals surface area contributed by atoms with Gasteiger partial charge in [0, 0.05) is 38.5 Å². The molecule has 5 heterocycles. The molecule has 2 aromatic heterocycles. The van der Waals surface area contributed by atoms with Gasteiger partial charge in [-0.1, -0.05) is 0 Å². The van der Waals surface area contributed by atoms with Gasteiger partial charge >= 0.3 is 6.18 Å². The second kappa shape index (κ2) is 7.69. The maximum absolute atomic E-state index is 14.3. The first-order valence-corrected chi connectivity index (χ1v) is 11.0. The quantitative estimate of drug-likeness (QED) is 0.601. The van der Waals surface area contributed by atoms with Gasteiger partial charge in [0.05, 0.1) is 31.8 Å². The Morgan fingerprint density at radius 2 is 2.09 bits per heavy atom. The summed E-state index contributed by atoms with van der Waals surface area (Å²) in [6.07, 6.45) is -2.55. The third kappa shape index (κ3) is 3.51. The first-order valence-electron chi connectivity index (χ1n) is 11.0. The van der Waals surface area contributed by atoms with Crippen molar-refractivity contribution in [2.45, 2.75) is 43.8 Å². The Morgan fingerprint density at radius 3 is 2.65 bits per heavy atom. The van der Waals surface area contributed by atoms with Crippen molar-refractivity contribution in [3.63, 3.8) is 0 Å². The molecule has 2 saturated heterocycles. The van der Waals surface area contributed by atoms with Gasteiger partial charge in [-0.15, -0.1) is 0 Å². The van der Waals surface area contributed by atoms with E-state index in [9.17, 15) is 22.8 Å². The van der Waals surface area contributed by atoms with Gasteiger partial charge in [0.25, 0.3) is 5.56 Å². The van der Waals surface area contributed by atoms with Crippen molar-refractivity contribution in [1.29, 1.82) is 0 Å². The van der Waals surface area contributed by atoms with Crippen molar-refractivity contribution in [3.05, 3.63) is 40.3 Å². The Hall–Kier alpha value is -3.15. The van der Waals surface area contributed by atoms with Crippen LogP contribution in [-0.2, 0) is 11.3 Å². The lowest BCUT2D eigenvalue weighted by molar-refractivity contribution is -0.181. The van der Waals surface area contributed by atoms with E-state index in [2.05, 4.69) is 9.97 Å². The molecular formula is C22H25F3N6O3. The molecular weight excluding hydrogens is 453 g/mol. The third-order valence-electron chi connectivity index (χ3n) is 6.91. The summed E-state index contributed by atoms with van der Waals surface area (Å²) in [6.45, 7) is 0.776. The number of ketones is 1. The molecule has 2 fully saturated rings. The normalized spacial score (nSPS) is 25.7. The molecule has 0 aromatic carbocycles. The lowest BCUT2D eigenvalue weighted by Crippen LogP contribution is -2.57. The molecule has 0 radical (unpaired) electrons. The predicted molar refractivity (Wildman–Crippen MR) is 119 cm³/mol. The van der Waals surface area contributed by atoms with E-state index >= 15 is 0 Å². The number of anilines is 3. The fraction of sp³-hybridized carbons (Fsp3) is 0.545. The Labute approximate surface area is 193 Å². The van der Waals surface area contributed by atoms with Crippen molar-refractivity contribution >= 4 is 23.4 Å². The summed E-state index contributed by atoms with van der Waals surface area (Å²) in [5, 5.41) is 0. The molecule has 0 unspecified atom stereocenters. The largest absolute Gasteiger partial charge is 0.413 e. The number of ether oxygens (including phenoxy) is 1. The van der Waals surface area contributed by atoms with Crippen molar-refractivity contribution in [3.8, 4) is 0 Å². The highest BCUT2D eigenvalue weighted by molar-refractivity contribution is 5.99. The zero-order valence-corrected chi connectivity index (χ0v) is 19.0. The molecule has 12 heteroatoms. The molecule has 0 saturated carbocycles. The van der Waals surface area contributed by atoms with E-state index in [1.165, 1.54) is 18.3 Å². The van der Waals surface area contributed by atoms with Crippen LogP contribution >= 0.6 is 0 Å². The number of aromatic nitrogens is 3. The number of alkyl halides is 3. The predicted octanol–water partition coefficient (Wildman–Crippen LogP) is 1.71. The molecule has 0 spiro atoms. The molecule has 3 aliphatic rings. The minimum atomic E-state index is -4.71. The fourth-order valence-corrected chi connectivity index (χ4v) is 4.82. The number of carbonyl (C=O) groups is 1. The molecule has 2 bridgehead atoms. The first kappa shape index (κ1) is 22.6. The number of carbonyl (C=O) groups excluding carboxylic acids is 1. The number of fused-ring (bicyclic) bond motifs is 3. The van der Waals surface area contributed by atoms with Crippen LogP contribution in [0.25, 0.3) is 0 Å². The van der Waals surface area contributed by atoms with Crippen LogP contribution in [0.15, 0.2) is 29.2 Å². The first-order chi connectivity index (χ1) is 16.0. The molecule has 9 nitrogen and oxygen atoms in total. The van der Waals surface area contributed by atoms with Crippen LogP contribution in [0.3, 0.4) is 0 Å². The van der Waals surface area contributed by atoms with Crippen LogP contribution in [0.5, 0.6) is 0 Å². The van der Waals surface area contributed by atoms with Gasteiger partial charge in [-0.2, -0.15) is 18.2 Å². The highest BCUT2D eigenvalue weighted by Gasteiger charge is 2.60. The average molecular weight is 478 g/mol. The lowest BCUT2D eigenvalue weighted by Gasteiger charge is -2.36. The molecule has 0 N–H and O–H groups in total. The Balaban J connectivity index is 1.52. The molecule has 3 aliphatic heterocycles. The van der Waals surface area contributed by atoms with E-state index in [4.69, 9.17) is 4.74 Å². The van der Waals surface area contributed by atoms with E-state index in [0.29, 0.717) is 24.8 Å². The van der Waals surface area contributed by atoms with E-state index in [1.54, 1.807) is 25.1 Å². The molecule has 182 valence electrons. The van der Waals surface area contributed by atoms with Gasteiger partial charge in [0.1, 0.15) is 11.6 Å². The summed E-state index contributed by atoms with van der Waals surface area (Å²) in [5.41, 5.74) is -2.86. The number of halogens is 3. The topological polar surface area (TPSA) is 83.8 Å². The minimum Gasteiger partial charge on any atom is -0.374 e. The van der Waals surface area contributed by atoms with Crippen LogP contribution in [-0.4, -0.2) is 78.0 Å². The maximum atomic E-state index is 14.3. The van der Waals surface area contributed by atoms with Crippen LogP contribution in [0.1, 0.15) is 23.7 Å². The number of Topliss-reactive ketones (excluding diaryl/α,β-unsaturated/α-hetero) is 1. The van der Waals surface area contributed by atoms with Crippen molar-refractivity contribution in [2.75, 3.05) is 48.5 Å². The lowest BCUT2D eigenvalue weighted by atomic mass is 10.00. The number of nitrogens with zero attached hydrogens (tertiary/aromatic N) is 6. The van der Waals surface area contributed by atoms with Crippen LogP contribution in [0, 0.1) is 0 Å². The Bertz CT molecular complexity index is 1180. The highest BCUT2D eigenvalue weighted by Crippen LogP contribution is 2.43. The van der Waals surface area contributed by atoms with Gasteiger partial charge in [0.15, 0.2) is 11.3 Å². The highest BCUT2D eigenvalue weighted by atomic mass is 19.4. The molecule has 5 rings (SSSR count). The summed E-state index contributed by atoms with van der Waals surface area (Å²) < 4.78 is 49.4. The van der Waals surface area contributed by atoms with Gasteiger partial charge in [-0.25, -0.2) is 4.98 Å². The number of hydrogen-bond donors (Lipinski definition) is 0. The number of pyridine rings is 1. The summed E-state index contributed by atoms with van der Waals surface area (Å²) in [5.74, 6) is 0.227. The molecule has 0 aliphatic carbocycles. The summed E-state index contributed by atoms with van der Waals surface area (Å²) >= 11 is 0. The van der Waals surface area contributed by atoms with E-state index < -0.39 is 36.1 Å². The second-order valence-corrected chi connectivity index (χ2v) is 9.42. The van der Waals surface area contributed by atoms with Gasteiger partial charge in [0.2, 0.25) is 5.95 Å². The van der Waals surface area contributed by atoms with Crippen molar-refractivity contribution in [1.82, 2.24) is 14.5 Å². The van der Waals surface area contributed by atoms with Gasteiger partial charge < -0.3 is 19.4 Å². The Kier molecular flexibility index (Phi) is 5.12. The van der Waals surface area contributed by atoms with Crippen molar-refractivity contribution < 1.29 is 22.7 Å². The summed E-state index contributed by atoms with van der Waals surface area (Å²) in [7, 11) is 3.58. The summed E-state index contributed by atoms with van der Waals surface area (Å²) in [4.78, 5) is 39.1. The maximum Gasteiger partial charge on any atom is 0.413 e. The number of rotatable bonds is 5. The zero-order valence-electron chi connectivity index (χ0n) is 19.0. The van der Waals surface area contributed by atoms with Crippen molar-refractivity contribution in [2.24, 2.45) is 0 Å². The van der Waals surface area contributed by atoms with Crippen LogP contribution < -0.4 is 20.3 Å². The monoisotopic (exact) mass is 478 g/mol. The average Bonchev–Trinajstić information content (AvgIpc) is 3.48. The minimum absolute atomic E-state index is 0.0265. The number of hydrogen-bond acceptors (Lipinski definition) is 8. The molecule has 3 atom stereocenters. The van der Waals surface area contributed by atoms with E-state index in [0.717, 1.165) is 22.8 Å². The molecule has 0 amide bonds. The van der Waals surface area contributed by atoms with Crippen LogP contribution in [0.4, 0.5) is 30.8 Å². The molecule has 2 aromatic rings. The standard InChI is InChI=1S/C22H25F3N6O3/c1-21(22(23,24)25)12-30-19(33)7-18(29-9-15-6-14(29)11-34-15)27-20(30)31(21)10-16(32)13-4-5-17(26-8-13)28(2)3/h4-5,7-8,14-15H,6,9-12H2,1-3H3/t14-,15-,21-/m0/s1. The SMILES string of the molecule is CN(C)c1ccc(C(=O)CN2c3nc(N4C[C@@H]5C[C@H]4CO5)cc(=O)n3C[C@@]2(C)C(F)(F)F)cn1. The summed E-state index contributed by atoms with van der Waals surface area (Å²) in [6, 6.07) is 4.46. The van der Waals surface area contributed by atoms with E-state index in [1.807, 2.05) is 4.90 Å². The number of morpholine rings is 1.